The molecule has 1 atom stereocenters. The Morgan fingerprint density at radius 2 is 1.85 bits per heavy atom. The van der Waals surface area contributed by atoms with Gasteiger partial charge in [0.15, 0.2) is 0 Å². The fourth-order valence-corrected chi connectivity index (χ4v) is 2.85. The Balaban J connectivity index is 2.83. The first-order valence-electron chi connectivity index (χ1n) is 7.68. The maximum absolute atomic E-state index is 12.8. The van der Waals surface area contributed by atoms with Gasteiger partial charge in [-0.1, -0.05) is 20.8 Å². The Bertz CT molecular complexity index is 340. The molecule has 5 heteroatoms. The standard InChI is InChI=1S/C15H28N2O3/c1-5-12-13(18)16-15(6-2,7-3)14(19)17(12)10-8-9-11-20-4/h12H,5-11H2,1-4H3,(H,16,18). The molecule has 0 spiro atoms. The summed E-state index contributed by atoms with van der Waals surface area (Å²) in [5, 5.41) is 2.96. The van der Waals surface area contributed by atoms with Gasteiger partial charge in [0.1, 0.15) is 11.6 Å². The Kier molecular flexibility index (Phi) is 6.46. The zero-order valence-electron chi connectivity index (χ0n) is 13.2. The van der Waals surface area contributed by atoms with Crippen molar-refractivity contribution in [1.82, 2.24) is 10.2 Å². The van der Waals surface area contributed by atoms with E-state index in [4.69, 9.17) is 4.74 Å². The number of rotatable bonds is 8. The van der Waals surface area contributed by atoms with Crippen LogP contribution in [0.25, 0.3) is 0 Å². The molecular weight excluding hydrogens is 256 g/mol. The van der Waals surface area contributed by atoms with Crippen LogP contribution in [-0.2, 0) is 14.3 Å². The Morgan fingerprint density at radius 3 is 2.35 bits per heavy atom. The first-order valence-corrected chi connectivity index (χ1v) is 7.68. The fourth-order valence-electron chi connectivity index (χ4n) is 2.85. The Morgan fingerprint density at radius 1 is 1.20 bits per heavy atom. The minimum atomic E-state index is -0.704. The van der Waals surface area contributed by atoms with Crippen LogP contribution in [0.3, 0.4) is 0 Å². The zero-order valence-corrected chi connectivity index (χ0v) is 13.2. The summed E-state index contributed by atoms with van der Waals surface area (Å²) in [6.45, 7) is 7.19. The molecule has 0 aromatic heterocycles. The Hall–Kier alpha value is -1.10. The lowest BCUT2D eigenvalue weighted by atomic mass is 9.86. The Labute approximate surface area is 122 Å². The number of methoxy groups -OCH3 is 1. The molecule has 1 rings (SSSR count). The molecule has 5 nitrogen and oxygen atoms in total. The molecule has 1 heterocycles. The number of ether oxygens (including phenoxy) is 1. The van der Waals surface area contributed by atoms with Crippen LogP contribution >= 0.6 is 0 Å². The average molecular weight is 284 g/mol. The largest absolute Gasteiger partial charge is 0.385 e. The predicted octanol–water partition coefficient (Wildman–Crippen LogP) is 1.71. The molecule has 1 aliphatic heterocycles. The monoisotopic (exact) mass is 284 g/mol. The van der Waals surface area contributed by atoms with Gasteiger partial charge in [-0.3, -0.25) is 9.59 Å². The molecule has 1 N–H and O–H groups in total. The van der Waals surface area contributed by atoms with Crippen molar-refractivity contribution in [2.75, 3.05) is 20.3 Å². The van der Waals surface area contributed by atoms with Crippen molar-refractivity contribution in [1.29, 1.82) is 0 Å². The molecular formula is C15H28N2O3. The number of amides is 2. The minimum absolute atomic E-state index is 0.0115. The predicted molar refractivity (Wildman–Crippen MR) is 78.4 cm³/mol. The first kappa shape index (κ1) is 17.0. The van der Waals surface area contributed by atoms with Crippen molar-refractivity contribution in [2.45, 2.75) is 64.5 Å². The second-order valence-electron chi connectivity index (χ2n) is 5.40. The van der Waals surface area contributed by atoms with Gasteiger partial charge in [-0.05, 0) is 32.1 Å². The lowest BCUT2D eigenvalue weighted by molar-refractivity contribution is -0.155. The van der Waals surface area contributed by atoms with Crippen LogP contribution in [0.15, 0.2) is 0 Å². The van der Waals surface area contributed by atoms with Crippen LogP contribution in [0.1, 0.15) is 52.9 Å². The van der Waals surface area contributed by atoms with Crippen molar-refractivity contribution in [3.05, 3.63) is 0 Å². The number of hydrogen-bond donors (Lipinski definition) is 1. The van der Waals surface area contributed by atoms with Crippen molar-refractivity contribution in [3.8, 4) is 0 Å². The van der Waals surface area contributed by atoms with Crippen molar-refractivity contribution < 1.29 is 14.3 Å². The van der Waals surface area contributed by atoms with E-state index in [0.717, 1.165) is 12.8 Å². The van der Waals surface area contributed by atoms with Gasteiger partial charge in [0.2, 0.25) is 11.8 Å². The number of hydrogen-bond acceptors (Lipinski definition) is 3. The quantitative estimate of drug-likeness (QED) is 0.690. The lowest BCUT2D eigenvalue weighted by Crippen LogP contribution is -2.70. The summed E-state index contributed by atoms with van der Waals surface area (Å²) in [7, 11) is 1.67. The van der Waals surface area contributed by atoms with Gasteiger partial charge in [0, 0.05) is 20.3 Å². The van der Waals surface area contributed by atoms with E-state index in [9.17, 15) is 9.59 Å². The van der Waals surface area contributed by atoms with Gasteiger partial charge in [-0.25, -0.2) is 0 Å². The number of nitrogens with zero attached hydrogens (tertiary/aromatic N) is 1. The summed E-state index contributed by atoms with van der Waals surface area (Å²) < 4.78 is 5.03. The van der Waals surface area contributed by atoms with Crippen molar-refractivity contribution in [2.24, 2.45) is 0 Å². The molecule has 2 amide bonds. The second-order valence-corrected chi connectivity index (χ2v) is 5.40. The second kappa shape index (κ2) is 7.62. The van der Waals surface area contributed by atoms with E-state index in [2.05, 4.69) is 5.32 Å². The van der Waals surface area contributed by atoms with Gasteiger partial charge >= 0.3 is 0 Å². The van der Waals surface area contributed by atoms with E-state index in [1.165, 1.54) is 0 Å². The van der Waals surface area contributed by atoms with E-state index < -0.39 is 5.54 Å². The van der Waals surface area contributed by atoms with E-state index in [0.29, 0.717) is 32.4 Å². The third-order valence-electron chi connectivity index (χ3n) is 4.30. The van der Waals surface area contributed by atoms with E-state index >= 15 is 0 Å². The average Bonchev–Trinajstić information content (AvgIpc) is 2.46. The number of nitrogens with one attached hydrogen (secondary N) is 1. The molecule has 20 heavy (non-hydrogen) atoms. The van der Waals surface area contributed by atoms with Crippen LogP contribution < -0.4 is 5.32 Å². The summed E-state index contributed by atoms with van der Waals surface area (Å²) in [5.41, 5.74) is -0.704. The highest BCUT2D eigenvalue weighted by Crippen LogP contribution is 2.26. The molecule has 1 fully saturated rings. The summed E-state index contributed by atoms with van der Waals surface area (Å²) in [6, 6.07) is -0.323. The van der Waals surface area contributed by atoms with Gasteiger partial charge in [0.05, 0.1) is 0 Å². The van der Waals surface area contributed by atoms with E-state index in [-0.39, 0.29) is 17.9 Å². The van der Waals surface area contributed by atoms with Crippen LogP contribution in [-0.4, -0.2) is 48.6 Å². The topological polar surface area (TPSA) is 58.6 Å². The molecule has 0 radical (unpaired) electrons. The first-order chi connectivity index (χ1) is 9.56. The highest BCUT2D eigenvalue weighted by Gasteiger charge is 2.47. The van der Waals surface area contributed by atoms with Crippen molar-refractivity contribution >= 4 is 11.8 Å². The summed E-state index contributed by atoms with van der Waals surface area (Å²) in [4.78, 5) is 26.8. The highest BCUT2D eigenvalue weighted by atomic mass is 16.5. The van der Waals surface area contributed by atoms with Crippen LogP contribution in [0.4, 0.5) is 0 Å². The zero-order chi connectivity index (χ0) is 15.2. The number of piperazine rings is 1. The summed E-state index contributed by atoms with van der Waals surface area (Å²) in [5.74, 6) is 0.0638. The van der Waals surface area contributed by atoms with Crippen molar-refractivity contribution in [3.63, 3.8) is 0 Å². The molecule has 0 aromatic carbocycles. The molecule has 0 aliphatic carbocycles. The molecule has 0 bridgehead atoms. The molecule has 1 unspecified atom stereocenters. The fraction of sp³-hybridized carbons (Fsp3) is 0.867. The third-order valence-corrected chi connectivity index (χ3v) is 4.30. The number of carbonyl (C=O) groups is 2. The molecule has 116 valence electrons. The van der Waals surface area contributed by atoms with Gasteiger partial charge in [-0.15, -0.1) is 0 Å². The van der Waals surface area contributed by atoms with E-state index in [1.54, 1.807) is 12.0 Å². The number of carbonyl (C=O) groups excluding carboxylic acids is 2. The van der Waals surface area contributed by atoms with Crippen LogP contribution in [0.2, 0.25) is 0 Å². The summed E-state index contributed by atoms with van der Waals surface area (Å²) in [6.07, 6.45) is 3.71. The SMILES string of the molecule is CCC1C(=O)NC(CC)(CC)C(=O)N1CCCCOC. The smallest absolute Gasteiger partial charge is 0.248 e. The third kappa shape index (κ3) is 3.32. The van der Waals surface area contributed by atoms with Crippen LogP contribution in [0.5, 0.6) is 0 Å². The highest BCUT2D eigenvalue weighted by molar-refractivity contribution is 5.99. The lowest BCUT2D eigenvalue weighted by Gasteiger charge is -2.45. The van der Waals surface area contributed by atoms with Gasteiger partial charge < -0.3 is 15.0 Å². The minimum Gasteiger partial charge on any atom is -0.385 e. The molecule has 0 saturated carbocycles. The normalized spacial score (nSPS) is 22.0. The van der Waals surface area contributed by atoms with E-state index in [1.807, 2.05) is 20.8 Å². The number of unbranched alkanes of at least 4 members (excludes halogenated alkanes) is 1. The van der Waals surface area contributed by atoms with Gasteiger partial charge in [0.25, 0.3) is 0 Å². The van der Waals surface area contributed by atoms with Gasteiger partial charge in [-0.2, -0.15) is 0 Å². The maximum Gasteiger partial charge on any atom is 0.248 e. The molecule has 0 aromatic rings. The molecule has 1 aliphatic rings. The van der Waals surface area contributed by atoms with Crippen LogP contribution in [0, 0.1) is 0 Å². The summed E-state index contributed by atoms with van der Waals surface area (Å²) >= 11 is 0. The maximum atomic E-state index is 12.8. The molecule has 1 saturated heterocycles.